The van der Waals surface area contributed by atoms with E-state index in [1.54, 1.807) is 9.80 Å². The van der Waals surface area contributed by atoms with E-state index in [4.69, 9.17) is 9.47 Å². The number of benzene rings is 1. The van der Waals surface area contributed by atoms with E-state index in [1.807, 2.05) is 18.2 Å². The first-order chi connectivity index (χ1) is 10.8. The Bertz CT molecular complexity index is 556. The molecule has 0 radical (unpaired) electrons. The lowest BCUT2D eigenvalue weighted by Crippen LogP contribution is -2.51. The first-order valence-electron chi connectivity index (χ1n) is 7.37. The molecule has 1 aromatic carbocycles. The molecule has 1 fully saturated rings. The van der Waals surface area contributed by atoms with E-state index in [1.165, 1.54) is 0 Å². The zero-order valence-corrected chi connectivity index (χ0v) is 12.3. The number of urea groups is 1. The van der Waals surface area contributed by atoms with E-state index in [-0.39, 0.29) is 12.8 Å². The van der Waals surface area contributed by atoms with Crippen LogP contribution in [0.1, 0.15) is 5.56 Å². The summed E-state index contributed by atoms with van der Waals surface area (Å²) in [6.07, 6.45) is 1.56. The van der Waals surface area contributed by atoms with Crippen LogP contribution < -0.4 is 14.8 Å². The van der Waals surface area contributed by atoms with Crippen molar-refractivity contribution in [2.75, 3.05) is 39.5 Å². The minimum atomic E-state index is -0.0775. The van der Waals surface area contributed by atoms with Crippen LogP contribution in [0.15, 0.2) is 18.2 Å². The van der Waals surface area contributed by atoms with Gasteiger partial charge in [0.25, 0.3) is 0 Å². The lowest BCUT2D eigenvalue weighted by Gasteiger charge is -2.32. The SMILES string of the molecule is O=CN1CCN(C(=O)NCCc2ccc3c(c2)OCO3)CC1. The molecular weight excluding hydrogens is 286 g/mol. The fourth-order valence-corrected chi connectivity index (χ4v) is 2.55. The molecule has 1 saturated heterocycles. The fourth-order valence-electron chi connectivity index (χ4n) is 2.55. The number of amides is 3. The Morgan fingerprint density at radius 1 is 1.18 bits per heavy atom. The molecule has 22 heavy (non-hydrogen) atoms. The molecule has 3 amide bonds. The van der Waals surface area contributed by atoms with Gasteiger partial charge in [0.1, 0.15) is 0 Å². The highest BCUT2D eigenvalue weighted by molar-refractivity contribution is 5.74. The summed E-state index contributed by atoms with van der Waals surface area (Å²) in [5.41, 5.74) is 1.09. The molecule has 3 rings (SSSR count). The number of hydrogen-bond acceptors (Lipinski definition) is 4. The van der Waals surface area contributed by atoms with Crippen LogP contribution in [-0.2, 0) is 11.2 Å². The monoisotopic (exact) mass is 305 g/mol. The third-order valence-electron chi connectivity index (χ3n) is 3.88. The number of piperazine rings is 1. The maximum absolute atomic E-state index is 12.0. The Hall–Kier alpha value is -2.44. The standard InChI is InChI=1S/C15H19N3O4/c19-10-17-5-7-18(8-6-17)15(20)16-4-3-12-1-2-13-14(9-12)22-11-21-13/h1-2,9-10H,3-8,11H2,(H,16,20). The maximum Gasteiger partial charge on any atom is 0.317 e. The van der Waals surface area contributed by atoms with Crippen LogP contribution in [0.3, 0.4) is 0 Å². The van der Waals surface area contributed by atoms with Crippen LogP contribution >= 0.6 is 0 Å². The molecule has 7 nitrogen and oxygen atoms in total. The molecule has 118 valence electrons. The smallest absolute Gasteiger partial charge is 0.317 e. The molecule has 0 aromatic heterocycles. The number of carbonyl (C=O) groups excluding carboxylic acids is 2. The molecule has 0 aliphatic carbocycles. The number of fused-ring (bicyclic) bond motifs is 1. The van der Waals surface area contributed by atoms with Crippen molar-refractivity contribution < 1.29 is 19.1 Å². The minimum absolute atomic E-state index is 0.0775. The van der Waals surface area contributed by atoms with Gasteiger partial charge < -0.3 is 24.6 Å². The Morgan fingerprint density at radius 3 is 2.73 bits per heavy atom. The molecule has 2 aliphatic heterocycles. The third-order valence-corrected chi connectivity index (χ3v) is 3.88. The number of hydrogen-bond donors (Lipinski definition) is 1. The van der Waals surface area contributed by atoms with Crippen molar-refractivity contribution in [2.45, 2.75) is 6.42 Å². The van der Waals surface area contributed by atoms with Crippen molar-refractivity contribution in [3.05, 3.63) is 23.8 Å². The van der Waals surface area contributed by atoms with Crippen LogP contribution in [0.25, 0.3) is 0 Å². The van der Waals surface area contributed by atoms with E-state index in [9.17, 15) is 9.59 Å². The summed E-state index contributed by atoms with van der Waals surface area (Å²) in [4.78, 5) is 26.1. The normalized spacial score (nSPS) is 16.5. The molecule has 2 heterocycles. The highest BCUT2D eigenvalue weighted by Crippen LogP contribution is 2.32. The van der Waals surface area contributed by atoms with Gasteiger partial charge in [0.15, 0.2) is 11.5 Å². The predicted molar refractivity (Wildman–Crippen MR) is 78.9 cm³/mol. The summed E-state index contributed by atoms with van der Waals surface area (Å²) in [5, 5.41) is 2.91. The van der Waals surface area contributed by atoms with Gasteiger partial charge in [-0.15, -0.1) is 0 Å². The first kappa shape index (κ1) is 14.5. The van der Waals surface area contributed by atoms with Gasteiger partial charge in [-0.25, -0.2) is 4.79 Å². The summed E-state index contributed by atoms with van der Waals surface area (Å²) >= 11 is 0. The minimum Gasteiger partial charge on any atom is -0.454 e. The lowest BCUT2D eigenvalue weighted by atomic mass is 10.1. The molecule has 7 heteroatoms. The molecule has 0 spiro atoms. The van der Waals surface area contributed by atoms with Crippen LogP contribution in [-0.4, -0.2) is 61.8 Å². The zero-order valence-electron chi connectivity index (χ0n) is 12.3. The molecule has 0 saturated carbocycles. The molecule has 2 aliphatic rings. The number of nitrogens with one attached hydrogen (secondary N) is 1. The average Bonchev–Trinajstić information content (AvgIpc) is 3.02. The van der Waals surface area contributed by atoms with Gasteiger partial charge in [-0.3, -0.25) is 4.79 Å². The number of ether oxygens (including phenoxy) is 2. The molecule has 0 atom stereocenters. The maximum atomic E-state index is 12.0. The third kappa shape index (κ3) is 3.24. The topological polar surface area (TPSA) is 71.1 Å². The lowest BCUT2D eigenvalue weighted by molar-refractivity contribution is -0.119. The second-order valence-corrected chi connectivity index (χ2v) is 5.30. The largest absolute Gasteiger partial charge is 0.454 e. The fraction of sp³-hybridized carbons (Fsp3) is 0.467. The Balaban J connectivity index is 1.43. The molecule has 0 unspecified atom stereocenters. The Kier molecular flexibility index (Phi) is 4.32. The zero-order chi connectivity index (χ0) is 15.4. The van der Waals surface area contributed by atoms with E-state index in [0.717, 1.165) is 29.9 Å². The van der Waals surface area contributed by atoms with Crippen LogP contribution in [0.2, 0.25) is 0 Å². The summed E-state index contributed by atoms with van der Waals surface area (Å²) in [5.74, 6) is 1.52. The second kappa shape index (κ2) is 6.55. The van der Waals surface area contributed by atoms with Crippen molar-refractivity contribution in [3.63, 3.8) is 0 Å². The van der Waals surface area contributed by atoms with E-state index in [2.05, 4.69) is 5.32 Å². The van der Waals surface area contributed by atoms with Gasteiger partial charge in [0.2, 0.25) is 13.2 Å². The predicted octanol–water partition coefficient (Wildman–Crippen LogP) is 0.441. The van der Waals surface area contributed by atoms with Gasteiger partial charge in [0, 0.05) is 32.7 Å². The van der Waals surface area contributed by atoms with Crippen LogP contribution in [0.4, 0.5) is 4.79 Å². The second-order valence-electron chi connectivity index (χ2n) is 5.30. The first-order valence-corrected chi connectivity index (χ1v) is 7.37. The van der Waals surface area contributed by atoms with Gasteiger partial charge in [0.05, 0.1) is 0 Å². The van der Waals surface area contributed by atoms with Crippen molar-refractivity contribution in [1.29, 1.82) is 0 Å². The van der Waals surface area contributed by atoms with Crippen molar-refractivity contribution in [3.8, 4) is 11.5 Å². The molecule has 1 N–H and O–H groups in total. The summed E-state index contributed by atoms with van der Waals surface area (Å²) < 4.78 is 10.6. The van der Waals surface area contributed by atoms with Crippen molar-refractivity contribution in [2.24, 2.45) is 0 Å². The molecular formula is C15H19N3O4. The summed E-state index contributed by atoms with van der Waals surface area (Å²) in [7, 11) is 0. The number of nitrogens with zero attached hydrogens (tertiary/aromatic N) is 2. The van der Waals surface area contributed by atoms with Crippen LogP contribution in [0.5, 0.6) is 11.5 Å². The van der Waals surface area contributed by atoms with Gasteiger partial charge in [-0.1, -0.05) is 6.07 Å². The van der Waals surface area contributed by atoms with Gasteiger partial charge in [-0.2, -0.15) is 0 Å². The summed E-state index contributed by atoms with van der Waals surface area (Å²) in [6.45, 7) is 3.18. The van der Waals surface area contributed by atoms with Crippen molar-refractivity contribution in [1.82, 2.24) is 15.1 Å². The quantitative estimate of drug-likeness (QED) is 0.820. The van der Waals surface area contributed by atoms with E-state index < -0.39 is 0 Å². The van der Waals surface area contributed by atoms with Crippen molar-refractivity contribution >= 4 is 12.4 Å². The number of rotatable bonds is 4. The highest BCUT2D eigenvalue weighted by Gasteiger charge is 2.19. The van der Waals surface area contributed by atoms with E-state index in [0.29, 0.717) is 32.7 Å². The number of carbonyl (C=O) groups is 2. The highest BCUT2D eigenvalue weighted by atomic mass is 16.7. The van der Waals surface area contributed by atoms with Crippen LogP contribution in [0, 0.1) is 0 Å². The van der Waals surface area contributed by atoms with Gasteiger partial charge in [-0.05, 0) is 24.1 Å². The Morgan fingerprint density at radius 2 is 1.95 bits per heavy atom. The van der Waals surface area contributed by atoms with E-state index >= 15 is 0 Å². The molecule has 0 bridgehead atoms. The summed E-state index contributed by atoms with van der Waals surface area (Å²) in [6, 6.07) is 5.73. The van der Waals surface area contributed by atoms with Gasteiger partial charge >= 0.3 is 6.03 Å². The molecule has 1 aromatic rings. The Labute approximate surface area is 128 Å². The average molecular weight is 305 g/mol.